The van der Waals surface area contributed by atoms with Gasteiger partial charge in [-0.25, -0.2) is 0 Å². The van der Waals surface area contributed by atoms with Crippen LogP contribution in [-0.4, -0.2) is 127 Å². The van der Waals surface area contributed by atoms with Gasteiger partial charge in [-0.3, -0.25) is 9.69 Å². The molecular weight excluding hydrogens is 648 g/mol. The molecule has 51 heavy (non-hydrogen) atoms. The van der Waals surface area contributed by atoms with Crippen LogP contribution in [0.1, 0.15) is 106 Å². The van der Waals surface area contributed by atoms with E-state index < -0.39 is 17.8 Å². The zero-order valence-corrected chi connectivity index (χ0v) is 33.0. The van der Waals surface area contributed by atoms with Gasteiger partial charge in [0.25, 0.3) is 0 Å². The largest absolute Gasteiger partial charge is 0.393 e. The van der Waals surface area contributed by atoms with Gasteiger partial charge in [0.15, 0.2) is 6.29 Å². The molecule has 0 aromatic rings. The quantitative estimate of drug-likeness (QED) is 0.301. The summed E-state index contributed by atoms with van der Waals surface area (Å²) < 4.78 is 24.3. The van der Waals surface area contributed by atoms with Crippen LogP contribution in [0.15, 0.2) is 0 Å². The second-order valence-electron chi connectivity index (χ2n) is 19.8. The number of aliphatic hydroxyl groups excluding tert-OH is 2. The van der Waals surface area contributed by atoms with Gasteiger partial charge in [0, 0.05) is 32.2 Å². The summed E-state index contributed by atoms with van der Waals surface area (Å²) >= 11 is 0. The first-order chi connectivity index (χ1) is 23.9. The summed E-state index contributed by atoms with van der Waals surface area (Å²) in [7, 11) is 1.63. The van der Waals surface area contributed by atoms with Gasteiger partial charge in [-0.2, -0.15) is 0 Å². The lowest BCUT2D eigenvalue weighted by Crippen LogP contribution is -2.60. The van der Waals surface area contributed by atoms with Crippen molar-refractivity contribution in [3.63, 3.8) is 0 Å². The topological polar surface area (TPSA) is 121 Å². The van der Waals surface area contributed by atoms with Crippen molar-refractivity contribution in [1.29, 1.82) is 0 Å². The predicted octanol–water partition coefficient (Wildman–Crippen LogP) is 4.47. The summed E-state index contributed by atoms with van der Waals surface area (Å²) in [5, 5.41) is 33.6. The van der Waals surface area contributed by atoms with Crippen LogP contribution in [0.4, 0.5) is 0 Å². The van der Waals surface area contributed by atoms with Gasteiger partial charge in [-0.15, -0.1) is 0 Å². The minimum Gasteiger partial charge on any atom is -0.393 e. The lowest BCUT2D eigenvalue weighted by atomic mass is 9.41. The fourth-order valence-corrected chi connectivity index (χ4v) is 14.0. The summed E-state index contributed by atoms with van der Waals surface area (Å²) in [6.07, 6.45) is 7.48. The van der Waals surface area contributed by atoms with E-state index in [4.69, 9.17) is 18.9 Å². The van der Waals surface area contributed by atoms with Crippen molar-refractivity contribution >= 4 is 5.91 Å². The highest BCUT2D eigenvalue weighted by atomic mass is 16.7. The average Bonchev–Trinajstić information content (AvgIpc) is 3.71. The second kappa shape index (κ2) is 13.4. The zero-order valence-electron chi connectivity index (χ0n) is 33.0. The van der Waals surface area contributed by atoms with Crippen LogP contribution in [0.3, 0.4) is 0 Å². The number of aliphatic hydroxyl groups is 3. The Labute approximate surface area is 307 Å². The fraction of sp³-hybridized carbons (Fsp3) is 0.976. The maximum absolute atomic E-state index is 13.2. The zero-order chi connectivity index (χ0) is 36.8. The van der Waals surface area contributed by atoms with E-state index in [1.807, 2.05) is 4.90 Å². The van der Waals surface area contributed by atoms with Crippen LogP contribution in [-0.2, 0) is 23.7 Å². The highest BCUT2D eigenvalue weighted by molar-refractivity contribution is 5.78. The normalized spacial score (nSPS) is 45.5. The molecule has 10 nitrogen and oxygen atoms in total. The molecule has 2 saturated heterocycles. The molecule has 13 atom stereocenters. The highest BCUT2D eigenvalue weighted by Crippen LogP contribution is 2.89. The number of carbonyl (C=O) groups excluding carboxylic acids is 1. The van der Waals surface area contributed by atoms with E-state index in [0.717, 1.165) is 45.2 Å². The Morgan fingerprint density at radius 1 is 0.980 bits per heavy atom. The third kappa shape index (κ3) is 5.98. The number of amides is 1. The molecule has 2 spiro atoms. The van der Waals surface area contributed by atoms with Crippen molar-refractivity contribution in [2.24, 2.45) is 50.7 Å². The number of carbonyl (C=O) groups is 1. The Kier molecular flexibility index (Phi) is 10.1. The van der Waals surface area contributed by atoms with Crippen molar-refractivity contribution in [3.05, 3.63) is 0 Å². The van der Waals surface area contributed by atoms with Crippen LogP contribution in [0.2, 0.25) is 0 Å². The lowest BCUT2D eigenvalue weighted by Gasteiger charge is -2.64. The molecule has 0 bridgehead atoms. The molecule has 0 aromatic carbocycles. The molecular formula is C41H70N2O8. The Hall–Kier alpha value is -0.850. The van der Waals surface area contributed by atoms with E-state index in [2.05, 4.69) is 39.5 Å². The molecule has 10 heteroatoms. The number of nitrogens with zero attached hydrogens (tertiary/aromatic N) is 2. The van der Waals surface area contributed by atoms with Crippen molar-refractivity contribution in [2.45, 2.75) is 143 Å². The molecule has 5 aliphatic carbocycles. The number of hydrogen-bond acceptors (Lipinski definition) is 9. The van der Waals surface area contributed by atoms with Gasteiger partial charge in [0.05, 0.1) is 56.8 Å². The Morgan fingerprint density at radius 2 is 1.67 bits per heavy atom. The molecule has 1 amide bonds. The fourth-order valence-electron chi connectivity index (χ4n) is 14.0. The summed E-state index contributed by atoms with van der Waals surface area (Å²) in [5.41, 5.74) is -0.843. The van der Waals surface area contributed by atoms with Crippen molar-refractivity contribution < 1.29 is 39.1 Å². The van der Waals surface area contributed by atoms with Gasteiger partial charge in [0.2, 0.25) is 5.91 Å². The van der Waals surface area contributed by atoms with Gasteiger partial charge >= 0.3 is 0 Å². The van der Waals surface area contributed by atoms with E-state index in [-0.39, 0.29) is 52.0 Å². The second-order valence-corrected chi connectivity index (χ2v) is 19.8. The standard InChI is InChI=1S/C41H70N2O8/c1-26(21-28(48-8)35(46)37(4,5)47)27-22-31(44)39(7)30-10-9-29-36(2,3)32(11-12-40(29)25-41(30,40)14-13-38(27,39)6)51-34-24-43(17-20-50-34)33(45)23-42-15-18-49-19-16-42/h26-32,34-35,44,46-47H,9-25H2,1-8H3/t26-,27-,28?,29+,30?,31+,32?,34?,35?,38?,39-,40?,41?/m1/s1. The monoisotopic (exact) mass is 719 g/mol. The predicted molar refractivity (Wildman–Crippen MR) is 194 cm³/mol. The molecule has 3 N–H and O–H groups in total. The molecule has 0 aromatic heterocycles. The molecule has 7 fully saturated rings. The van der Waals surface area contributed by atoms with Crippen molar-refractivity contribution in [2.75, 3.05) is 59.7 Å². The number of morpholine rings is 2. The van der Waals surface area contributed by atoms with E-state index in [0.29, 0.717) is 69.0 Å². The molecule has 7 aliphatic rings. The number of hydrogen-bond donors (Lipinski definition) is 3. The minimum absolute atomic E-state index is 0.00438. The van der Waals surface area contributed by atoms with Crippen LogP contribution in [0.25, 0.3) is 0 Å². The van der Waals surface area contributed by atoms with Crippen LogP contribution in [0.5, 0.6) is 0 Å². The summed E-state index contributed by atoms with van der Waals surface area (Å²) in [4.78, 5) is 17.3. The smallest absolute Gasteiger partial charge is 0.237 e. The van der Waals surface area contributed by atoms with E-state index in [9.17, 15) is 20.1 Å². The van der Waals surface area contributed by atoms with E-state index in [1.54, 1.807) is 21.0 Å². The molecule has 2 aliphatic heterocycles. The summed E-state index contributed by atoms with van der Waals surface area (Å²) in [5.74, 6) is 1.78. The van der Waals surface area contributed by atoms with Gasteiger partial charge in [0.1, 0.15) is 6.10 Å². The third-order valence-corrected chi connectivity index (χ3v) is 17.0. The third-order valence-electron chi connectivity index (χ3n) is 17.0. The van der Waals surface area contributed by atoms with Gasteiger partial charge in [-0.05, 0) is 117 Å². The molecule has 2 heterocycles. The first kappa shape index (κ1) is 38.4. The summed E-state index contributed by atoms with van der Waals surface area (Å²) in [6.45, 7) is 20.4. The SMILES string of the molecule is COC(C[C@@H](C)[C@H]1C[C@H](O)[C@@]2(C)C3CC[C@H]4C(C)(C)C(OC5CN(C(=O)CN6CCOCC6)CCO5)CCC45CC35CCC12C)C(O)C(C)(C)O. The number of rotatable bonds is 10. The molecule has 7 rings (SSSR count). The number of methoxy groups -OCH3 is 1. The average molecular weight is 719 g/mol. The molecule has 8 unspecified atom stereocenters. The van der Waals surface area contributed by atoms with Crippen LogP contribution < -0.4 is 0 Å². The van der Waals surface area contributed by atoms with Gasteiger partial charge in [-0.1, -0.05) is 34.6 Å². The first-order valence-corrected chi connectivity index (χ1v) is 20.4. The van der Waals surface area contributed by atoms with Crippen LogP contribution in [0, 0.1) is 50.7 Å². The van der Waals surface area contributed by atoms with Gasteiger partial charge < -0.3 is 39.2 Å². The molecule has 292 valence electrons. The van der Waals surface area contributed by atoms with Crippen molar-refractivity contribution in [1.82, 2.24) is 9.80 Å². The first-order valence-electron chi connectivity index (χ1n) is 20.4. The Morgan fingerprint density at radius 3 is 2.35 bits per heavy atom. The van der Waals surface area contributed by atoms with E-state index >= 15 is 0 Å². The molecule has 0 radical (unpaired) electrons. The summed E-state index contributed by atoms with van der Waals surface area (Å²) in [6, 6.07) is 0. The molecule has 5 saturated carbocycles. The number of fused-ring (bicyclic) bond motifs is 2. The van der Waals surface area contributed by atoms with Crippen LogP contribution >= 0.6 is 0 Å². The minimum atomic E-state index is -1.24. The lowest BCUT2D eigenvalue weighted by molar-refractivity contribution is -0.248. The number of ether oxygens (including phenoxy) is 4. The van der Waals surface area contributed by atoms with E-state index in [1.165, 1.54) is 19.3 Å². The Bertz CT molecular complexity index is 1280. The maximum atomic E-state index is 13.2. The highest BCUT2D eigenvalue weighted by Gasteiger charge is 2.83. The maximum Gasteiger partial charge on any atom is 0.237 e. The Balaban J connectivity index is 1.03. The van der Waals surface area contributed by atoms with Crippen molar-refractivity contribution in [3.8, 4) is 0 Å².